The van der Waals surface area contributed by atoms with Gasteiger partial charge < -0.3 is 15.4 Å². The minimum atomic E-state index is -0.139. The van der Waals surface area contributed by atoms with Gasteiger partial charge in [0.05, 0.1) is 13.7 Å². The van der Waals surface area contributed by atoms with Gasteiger partial charge in [0, 0.05) is 36.9 Å². The first-order valence-corrected chi connectivity index (χ1v) is 8.81. The van der Waals surface area contributed by atoms with E-state index in [1.807, 2.05) is 26.8 Å². The van der Waals surface area contributed by atoms with Crippen molar-refractivity contribution in [3.63, 3.8) is 0 Å². The van der Waals surface area contributed by atoms with Crippen molar-refractivity contribution in [3.8, 4) is 5.88 Å². The molecule has 1 aromatic rings. The van der Waals surface area contributed by atoms with Crippen LogP contribution >= 0.6 is 0 Å². The van der Waals surface area contributed by atoms with Crippen molar-refractivity contribution in [3.05, 3.63) is 35.0 Å². The second-order valence-electron chi connectivity index (χ2n) is 6.90. The number of methoxy groups -OCH3 is 1. The fraction of sp³-hybridized carbons (Fsp3) is 0.579. The van der Waals surface area contributed by atoms with Gasteiger partial charge in [-0.2, -0.15) is 0 Å². The molecular weight excluding hydrogens is 316 g/mol. The first-order valence-electron chi connectivity index (χ1n) is 8.81. The van der Waals surface area contributed by atoms with E-state index in [0.717, 1.165) is 49.3 Å². The van der Waals surface area contributed by atoms with Gasteiger partial charge in [0.2, 0.25) is 5.88 Å². The number of amides is 2. The molecule has 2 amide bonds. The molecule has 2 rings (SSSR count). The van der Waals surface area contributed by atoms with Gasteiger partial charge >= 0.3 is 6.03 Å². The number of carbonyl (C=O) groups excluding carboxylic acids is 1. The van der Waals surface area contributed by atoms with Gasteiger partial charge in [-0.25, -0.2) is 9.78 Å². The van der Waals surface area contributed by atoms with E-state index >= 15 is 0 Å². The molecule has 0 aromatic carbocycles. The monoisotopic (exact) mass is 346 g/mol. The Morgan fingerprint density at radius 1 is 1.40 bits per heavy atom. The van der Waals surface area contributed by atoms with Crippen LogP contribution in [0.3, 0.4) is 0 Å². The van der Waals surface area contributed by atoms with Crippen LogP contribution in [0.5, 0.6) is 5.88 Å². The van der Waals surface area contributed by atoms with Crippen LogP contribution in [0, 0.1) is 13.8 Å². The maximum absolute atomic E-state index is 12.2. The molecule has 1 aliphatic heterocycles. The van der Waals surface area contributed by atoms with E-state index in [1.54, 1.807) is 7.11 Å². The van der Waals surface area contributed by atoms with Gasteiger partial charge in [0.1, 0.15) is 0 Å². The quantitative estimate of drug-likeness (QED) is 0.777. The van der Waals surface area contributed by atoms with Crippen molar-refractivity contribution in [2.75, 3.05) is 26.7 Å². The van der Waals surface area contributed by atoms with E-state index in [-0.39, 0.29) is 12.1 Å². The summed E-state index contributed by atoms with van der Waals surface area (Å²) in [4.78, 5) is 19.0. The first kappa shape index (κ1) is 19.2. The summed E-state index contributed by atoms with van der Waals surface area (Å²) in [6.07, 6.45) is 1.93. The Morgan fingerprint density at radius 3 is 2.68 bits per heavy atom. The van der Waals surface area contributed by atoms with Gasteiger partial charge in [0.15, 0.2) is 0 Å². The van der Waals surface area contributed by atoms with Crippen LogP contribution in [-0.2, 0) is 6.54 Å². The van der Waals surface area contributed by atoms with Crippen molar-refractivity contribution in [2.45, 2.75) is 46.2 Å². The van der Waals surface area contributed by atoms with Crippen LogP contribution in [0.25, 0.3) is 0 Å². The van der Waals surface area contributed by atoms with Crippen LogP contribution in [-0.4, -0.2) is 48.7 Å². The molecular formula is C19H30N4O2. The number of nitrogens with one attached hydrogen (secondary N) is 2. The number of rotatable bonds is 6. The van der Waals surface area contributed by atoms with E-state index in [1.165, 1.54) is 5.57 Å². The summed E-state index contributed by atoms with van der Waals surface area (Å²) in [5, 5.41) is 6.00. The summed E-state index contributed by atoms with van der Waals surface area (Å²) in [5.41, 5.74) is 4.07. The lowest BCUT2D eigenvalue weighted by Crippen LogP contribution is -2.48. The van der Waals surface area contributed by atoms with Gasteiger partial charge in [-0.05, 0) is 45.2 Å². The molecule has 6 nitrogen and oxygen atoms in total. The smallest absolute Gasteiger partial charge is 0.315 e. The number of pyridine rings is 1. The number of piperidine rings is 1. The SMILES string of the molecule is C=C(C)CN1CCC(NC(=O)NCc2c(C)cc(C)nc2OC)CC1. The van der Waals surface area contributed by atoms with Crippen LogP contribution in [0.15, 0.2) is 18.2 Å². The zero-order chi connectivity index (χ0) is 18.4. The predicted molar refractivity (Wildman–Crippen MR) is 99.9 cm³/mol. The highest BCUT2D eigenvalue weighted by molar-refractivity contribution is 5.74. The normalized spacial score (nSPS) is 15.7. The van der Waals surface area contributed by atoms with Crippen molar-refractivity contribution in [2.24, 2.45) is 0 Å². The summed E-state index contributed by atoms with van der Waals surface area (Å²) >= 11 is 0. The molecule has 138 valence electrons. The number of nitrogens with zero attached hydrogens (tertiary/aromatic N) is 2. The minimum absolute atomic E-state index is 0.139. The molecule has 0 radical (unpaired) electrons. The molecule has 1 fully saturated rings. The highest BCUT2D eigenvalue weighted by atomic mass is 16.5. The predicted octanol–water partition coefficient (Wildman–Crippen LogP) is 2.55. The maximum atomic E-state index is 12.2. The van der Waals surface area contributed by atoms with Gasteiger partial charge in [-0.15, -0.1) is 0 Å². The molecule has 0 aliphatic carbocycles. The summed E-state index contributed by atoms with van der Waals surface area (Å²) in [6, 6.07) is 2.08. The summed E-state index contributed by atoms with van der Waals surface area (Å²) in [7, 11) is 1.60. The molecule has 0 bridgehead atoms. The highest BCUT2D eigenvalue weighted by Crippen LogP contribution is 2.20. The second-order valence-corrected chi connectivity index (χ2v) is 6.90. The topological polar surface area (TPSA) is 66.5 Å². The molecule has 1 saturated heterocycles. The summed E-state index contributed by atoms with van der Waals surface area (Å²) in [5.74, 6) is 0.575. The lowest BCUT2D eigenvalue weighted by Gasteiger charge is -2.32. The number of likely N-dealkylation sites (tertiary alicyclic amines) is 1. The third-order valence-corrected chi connectivity index (χ3v) is 4.47. The molecule has 2 N–H and O–H groups in total. The molecule has 1 aromatic heterocycles. The Balaban J connectivity index is 1.81. The van der Waals surface area contributed by atoms with E-state index in [0.29, 0.717) is 12.4 Å². The standard InChI is InChI=1S/C19H30N4O2/c1-13(2)12-23-8-6-16(7-9-23)22-19(24)20-11-17-14(3)10-15(4)21-18(17)25-5/h10,16H,1,6-9,11-12H2,2-5H3,(H2,20,22,24). The lowest BCUT2D eigenvalue weighted by molar-refractivity contribution is 0.201. The fourth-order valence-electron chi connectivity index (χ4n) is 3.24. The third-order valence-electron chi connectivity index (χ3n) is 4.47. The molecule has 25 heavy (non-hydrogen) atoms. The third kappa shape index (κ3) is 5.74. The van der Waals surface area contributed by atoms with Crippen molar-refractivity contribution >= 4 is 6.03 Å². The van der Waals surface area contributed by atoms with Gasteiger partial charge in [0.25, 0.3) is 0 Å². The minimum Gasteiger partial charge on any atom is -0.481 e. The van der Waals surface area contributed by atoms with E-state index < -0.39 is 0 Å². The Morgan fingerprint density at radius 2 is 2.08 bits per heavy atom. The Bertz CT molecular complexity index is 622. The fourth-order valence-corrected chi connectivity index (χ4v) is 3.24. The lowest BCUT2D eigenvalue weighted by atomic mass is 10.0. The molecule has 0 saturated carbocycles. The molecule has 6 heteroatoms. The number of hydrogen-bond acceptors (Lipinski definition) is 4. The van der Waals surface area contributed by atoms with Crippen LogP contribution in [0.2, 0.25) is 0 Å². The number of urea groups is 1. The van der Waals surface area contributed by atoms with Crippen molar-refractivity contribution < 1.29 is 9.53 Å². The molecule has 0 atom stereocenters. The zero-order valence-electron chi connectivity index (χ0n) is 15.8. The average Bonchev–Trinajstić information content (AvgIpc) is 2.54. The van der Waals surface area contributed by atoms with Crippen LogP contribution < -0.4 is 15.4 Å². The Kier molecular flexibility index (Phi) is 6.82. The Hall–Kier alpha value is -2.08. The molecule has 2 heterocycles. The number of aryl methyl sites for hydroxylation is 2. The highest BCUT2D eigenvalue weighted by Gasteiger charge is 2.20. The van der Waals surface area contributed by atoms with Crippen molar-refractivity contribution in [1.82, 2.24) is 20.5 Å². The molecule has 0 unspecified atom stereocenters. The second kappa shape index (κ2) is 8.85. The average molecular weight is 346 g/mol. The van der Waals surface area contributed by atoms with Crippen molar-refractivity contribution in [1.29, 1.82) is 0 Å². The summed E-state index contributed by atoms with van der Waals surface area (Å²) < 4.78 is 5.34. The molecule has 0 spiro atoms. The maximum Gasteiger partial charge on any atom is 0.315 e. The van der Waals surface area contributed by atoms with E-state index in [4.69, 9.17) is 4.74 Å². The van der Waals surface area contributed by atoms with Crippen LogP contribution in [0.1, 0.15) is 36.6 Å². The molecule has 1 aliphatic rings. The number of ether oxygens (including phenoxy) is 1. The Labute approximate surface area is 150 Å². The number of aromatic nitrogens is 1. The van der Waals surface area contributed by atoms with Gasteiger partial charge in [-0.3, -0.25) is 4.90 Å². The number of carbonyl (C=O) groups is 1. The number of hydrogen-bond donors (Lipinski definition) is 2. The van der Waals surface area contributed by atoms with E-state index in [9.17, 15) is 4.79 Å². The van der Waals surface area contributed by atoms with Gasteiger partial charge in [-0.1, -0.05) is 12.2 Å². The van der Waals surface area contributed by atoms with E-state index in [2.05, 4.69) is 27.1 Å². The first-order chi connectivity index (χ1) is 11.9. The van der Waals surface area contributed by atoms with Crippen LogP contribution in [0.4, 0.5) is 4.79 Å². The summed E-state index contributed by atoms with van der Waals surface area (Å²) in [6.45, 7) is 13.3. The zero-order valence-corrected chi connectivity index (χ0v) is 15.8. The largest absolute Gasteiger partial charge is 0.481 e.